The van der Waals surface area contributed by atoms with E-state index in [0.29, 0.717) is 11.6 Å². The number of hydrogen-bond donors (Lipinski definition) is 2. The van der Waals surface area contributed by atoms with Crippen LogP contribution in [0.1, 0.15) is 18.1 Å². The normalized spacial score (nSPS) is 11.8. The van der Waals surface area contributed by atoms with Crippen molar-refractivity contribution in [3.63, 3.8) is 0 Å². The van der Waals surface area contributed by atoms with Gasteiger partial charge in [-0.05, 0) is 78.7 Å². The fourth-order valence-corrected chi connectivity index (χ4v) is 5.16. The molecule has 2 amide bonds. The van der Waals surface area contributed by atoms with E-state index >= 15 is 0 Å². The van der Waals surface area contributed by atoms with E-state index in [1.807, 2.05) is 30.3 Å². The van der Waals surface area contributed by atoms with Crippen molar-refractivity contribution in [3.05, 3.63) is 125 Å². The highest BCUT2D eigenvalue weighted by atomic mass is 35.5. The number of benzene rings is 4. The monoisotopic (exact) mass is 609 g/mol. The quantitative estimate of drug-likeness (QED) is 0.224. The Morgan fingerprint density at radius 1 is 0.881 bits per heavy atom. The van der Waals surface area contributed by atoms with Crippen molar-refractivity contribution in [2.75, 3.05) is 11.3 Å². The van der Waals surface area contributed by atoms with Gasteiger partial charge in [0.2, 0.25) is 5.91 Å². The van der Waals surface area contributed by atoms with Gasteiger partial charge in [0, 0.05) is 23.8 Å². The molecule has 0 bridgehead atoms. The van der Waals surface area contributed by atoms with Crippen LogP contribution < -0.4 is 14.8 Å². The first kappa shape index (κ1) is 30.5. The summed E-state index contributed by atoms with van der Waals surface area (Å²) in [6, 6.07) is 26.0. The minimum Gasteiger partial charge on any atom is -0.484 e. The van der Waals surface area contributed by atoms with Gasteiger partial charge < -0.3 is 15.0 Å². The van der Waals surface area contributed by atoms with Crippen molar-refractivity contribution in [1.29, 1.82) is 0 Å². The number of carbonyl (C=O) groups excluding carboxylic acids is 2. The second-order valence-corrected chi connectivity index (χ2v) is 11.5. The number of carbonyl (C=O) groups is 2. The third-order valence-corrected chi connectivity index (χ3v) is 7.98. The van der Waals surface area contributed by atoms with Gasteiger partial charge in [-0.1, -0.05) is 54.1 Å². The predicted octanol–water partition coefficient (Wildman–Crippen LogP) is 5.39. The summed E-state index contributed by atoms with van der Waals surface area (Å²) in [5, 5.41) is 3.42. The third-order valence-electron chi connectivity index (χ3n) is 6.34. The Bertz CT molecular complexity index is 1600. The molecule has 0 spiro atoms. The second kappa shape index (κ2) is 14.0. The number of amides is 2. The first-order chi connectivity index (χ1) is 20.1. The number of hydrogen-bond acceptors (Lipinski definition) is 5. The summed E-state index contributed by atoms with van der Waals surface area (Å²) in [6.07, 6.45) is 0. The number of nitrogens with zero attached hydrogens (tertiary/aromatic N) is 1. The number of halogens is 2. The molecule has 1 atom stereocenters. The minimum absolute atomic E-state index is 0.0430. The van der Waals surface area contributed by atoms with Crippen LogP contribution in [0.5, 0.6) is 5.75 Å². The highest BCUT2D eigenvalue weighted by Crippen LogP contribution is 2.20. The molecular weight excluding hydrogens is 581 g/mol. The van der Waals surface area contributed by atoms with Gasteiger partial charge in [0.1, 0.15) is 17.6 Å². The summed E-state index contributed by atoms with van der Waals surface area (Å²) >= 11 is 6.01. The molecule has 0 fully saturated rings. The molecule has 0 heterocycles. The molecule has 2 N–H and O–H groups in total. The van der Waals surface area contributed by atoms with Gasteiger partial charge in [-0.15, -0.1) is 0 Å². The van der Waals surface area contributed by atoms with Crippen LogP contribution in [0.15, 0.2) is 108 Å². The zero-order chi connectivity index (χ0) is 30.1. The summed E-state index contributed by atoms with van der Waals surface area (Å²) in [7, 11) is -3.93. The lowest BCUT2D eigenvalue weighted by molar-refractivity contribution is -0.142. The van der Waals surface area contributed by atoms with Gasteiger partial charge in [0.15, 0.2) is 6.61 Å². The molecule has 0 aliphatic heterocycles. The number of anilines is 1. The fraction of sp³-hybridized carbons (Fsp3) is 0.161. The number of rotatable bonds is 12. The Labute approximate surface area is 249 Å². The minimum atomic E-state index is -3.93. The van der Waals surface area contributed by atoms with Crippen LogP contribution in [0.2, 0.25) is 5.02 Å². The van der Waals surface area contributed by atoms with Gasteiger partial charge in [-0.3, -0.25) is 14.3 Å². The Hall–Kier alpha value is -4.41. The lowest BCUT2D eigenvalue weighted by Gasteiger charge is -2.29. The lowest BCUT2D eigenvalue weighted by atomic mass is 10.1. The summed E-state index contributed by atoms with van der Waals surface area (Å²) in [5.41, 5.74) is 1.92. The van der Waals surface area contributed by atoms with Crippen molar-refractivity contribution in [1.82, 2.24) is 10.2 Å². The summed E-state index contributed by atoms with van der Waals surface area (Å²) in [6.45, 7) is 1.71. The van der Waals surface area contributed by atoms with Crippen molar-refractivity contribution < 1.29 is 27.1 Å². The van der Waals surface area contributed by atoms with Gasteiger partial charge in [-0.25, -0.2) is 12.8 Å². The fourth-order valence-electron chi connectivity index (χ4n) is 3.98. The van der Waals surface area contributed by atoms with Gasteiger partial charge in [-0.2, -0.15) is 0 Å². The SMILES string of the molecule is CC(C(=O)NCc1ccccc1)N(Cc1ccc(Cl)cc1)C(=O)COc1ccc(S(=O)(=O)Nc2ccc(F)cc2)cc1. The molecule has 0 saturated heterocycles. The molecular formula is C31H29ClFN3O5S. The summed E-state index contributed by atoms with van der Waals surface area (Å²) < 4.78 is 46.5. The van der Waals surface area contributed by atoms with E-state index in [4.69, 9.17) is 16.3 Å². The molecule has 0 aromatic heterocycles. The van der Waals surface area contributed by atoms with E-state index in [1.165, 1.54) is 41.3 Å². The Kier molecular flexibility index (Phi) is 10.2. The maximum atomic E-state index is 13.3. The topological polar surface area (TPSA) is 105 Å². The average molecular weight is 610 g/mol. The molecule has 8 nitrogen and oxygen atoms in total. The van der Waals surface area contributed by atoms with Crippen LogP contribution in [-0.2, 0) is 32.7 Å². The highest BCUT2D eigenvalue weighted by molar-refractivity contribution is 7.92. The summed E-state index contributed by atoms with van der Waals surface area (Å²) in [4.78, 5) is 27.7. The van der Waals surface area contributed by atoms with Crippen LogP contribution >= 0.6 is 11.6 Å². The van der Waals surface area contributed by atoms with E-state index in [1.54, 1.807) is 31.2 Å². The largest absolute Gasteiger partial charge is 0.484 e. The number of ether oxygens (including phenoxy) is 1. The van der Waals surface area contributed by atoms with Crippen LogP contribution in [0.3, 0.4) is 0 Å². The van der Waals surface area contributed by atoms with E-state index in [0.717, 1.165) is 23.3 Å². The lowest BCUT2D eigenvalue weighted by Crippen LogP contribution is -2.48. The molecule has 42 heavy (non-hydrogen) atoms. The first-order valence-electron chi connectivity index (χ1n) is 13.0. The van der Waals surface area contributed by atoms with Gasteiger partial charge in [0.25, 0.3) is 15.9 Å². The van der Waals surface area contributed by atoms with Crippen molar-refractivity contribution >= 4 is 39.1 Å². The molecule has 0 aliphatic rings. The zero-order valence-corrected chi connectivity index (χ0v) is 24.2. The average Bonchev–Trinajstić information content (AvgIpc) is 3.00. The van der Waals surface area contributed by atoms with E-state index < -0.39 is 27.8 Å². The van der Waals surface area contributed by atoms with Crippen LogP contribution in [0.25, 0.3) is 0 Å². The van der Waals surface area contributed by atoms with E-state index in [-0.39, 0.29) is 35.4 Å². The maximum absolute atomic E-state index is 13.3. The second-order valence-electron chi connectivity index (χ2n) is 9.40. The van der Waals surface area contributed by atoms with Crippen molar-refractivity contribution in [2.45, 2.75) is 31.0 Å². The Morgan fingerprint density at radius 3 is 2.17 bits per heavy atom. The molecule has 4 rings (SSSR count). The van der Waals surface area contributed by atoms with Crippen LogP contribution in [0, 0.1) is 5.82 Å². The molecule has 11 heteroatoms. The Balaban J connectivity index is 1.41. The van der Waals surface area contributed by atoms with Crippen LogP contribution in [-0.4, -0.2) is 37.8 Å². The highest BCUT2D eigenvalue weighted by Gasteiger charge is 2.26. The van der Waals surface area contributed by atoms with Gasteiger partial charge in [0.05, 0.1) is 4.90 Å². The molecule has 4 aromatic carbocycles. The summed E-state index contributed by atoms with van der Waals surface area (Å²) in [5.74, 6) is -0.994. The molecule has 0 saturated carbocycles. The smallest absolute Gasteiger partial charge is 0.261 e. The van der Waals surface area contributed by atoms with E-state index in [2.05, 4.69) is 10.0 Å². The first-order valence-corrected chi connectivity index (χ1v) is 14.8. The molecule has 1 unspecified atom stereocenters. The number of nitrogens with one attached hydrogen (secondary N) is 2. The standard InChI is InChI=1S/C31H29ClFN3O5S/c1-22(31(38)34-19-23-5-3-2-4-6-23)36(20-24-7-9-25(32)10-8-24)30(37)21-41-28-15-17-29(18-16-28)42(39,40)35-27-13-11-26(33)12-14-27/h2-18,22,35H,19-21H2,1H3,(H,34,38). The predicted molar refractivity (Wildman–Crippen MR) is 159 cm³/mol. The Morgan fingerprint density at radius 2 is 1.52 bits per heavy atom. The molecule has 0 aliphatic carbocycles. The third kappa shape index (κ3) is 8.55. The molecule has 4 aromatic rings. The molecule has 0 radical (unpaired) electrons. The van der Waals surface area contributed by atoms with Gasteiger partial charge >= 0.3 is 0 Å². The number of sulfonamides is 1. The van der Waals surface area contributed by atoms with Crippen molar-refractivity contribution in [3.8, 4) is 5.75 Å². The van der Waals surface area contributed by atoms with Crippen LogP contribution in [0.4, 0.5) is 10.1 Å². The maximum Gasteiger partial charge on any atom is 0.261 e. The van der Waals surface area contributed by atoms with Crippen molar-refractivity contribution in [2.24, 2.45) is 0 Å². The molecule has 218 valence electrons. The zero-order valence-electron chi connectivity index (χ0n) is 22.7. The van der Waals surface area contributed by atoms with E-state index in [9.17, 15) is 22.4 Å².